The topological polar surface area (TPSA) is 202 Å². The molecule has 0 fully saturated rings. The summed E-state index contributed by atoms with van der Waals surface area (Å²) in [5.41, 5.74) is 9.96. The van der Waals surface area contributed by atoms with Gasteiger partial charge in [0.1, 0.15) is 12.1 Å². The molecule has 0 aliphatic heterocycles. The number of hydrogen-bond acceptors (Lipinski definition) is 6. The number of aliphatic carboxylic acids is 2. The molecule has 11 heteroatoms. The second-order valence-corrected chi connectivity index (χ2v) is 6.66. The summed E-state index contributed by atoms with van der Waals surface area (Å²) in [6.45, 7) is 5.87. The van der Waals surface area contributed by atoms with Crippen LogP contribution in [-0.4, -0.2) is 57.7 Å². The molecule has 0 rings (SSSR count). The van der Waals surface area contributed by atoms with Crippen molar-refractivity contribution in [1.29, 1.82) is 0 Å². The molecule has 0 spiro atoms. The highest BCUT2D eigenvalue weighted by Gasteiger charge is 2.29. The van der Waals surface area contributed by atoms with Crippen LogP contribution in [0.4, 0.5) is 4.79 Å². The van der Waals surface area contributed by atoms with Gasteiger partial charge in [0.15, 0.2) is 0 Å². The smallest absolute Gasteiger partial charge is 0.328 e. The number of primary amides is 1. The van der Waals surface area contributed by atoms with Crippen LogP contribution in [0, 0.1) is 5.92 Å². The van der Waals surface area contributed by atoms with Crippen molar-refractivity contribution in [2.24, 2.45) is 23.2 Å². The number of hydrazine groups is 1. The molecule has 0 bridgehead atoms. The molecule has 2 atom stereocenters. The number of nitrogens with zero attached hydrogens (tertiary/aromatic N) is 1. The van der Waals surface area contributed by atoms with Gasteiger partial charge in [0.2, 0.25) is 5.91 Å². The van der Waals surface area contributed by atoms with E-state index in [2.05, 4.69) is 5.32 Å². The maximum atomic E-state index is 11.6. The highest BCUT2D eigenvalue weighted by molar-refractivity contribution is 5.83. The molecule has 9 N–H and O–H groups in total. The molecular formula is C17H35N5O6. The van der Waals surface area contributed by atoms with Gasteiger partial charge in [0, 0.05) is 13.0 Å². The van der Waals surface area contributed by atoms with E-state index in [1.807, 2.05) is 6.92 Å². The van der Waals surface area contributed by atoms with Gasteiger partial charge in [-0.15, -0.1) is 0 Å². The van der Waals surface area contributed by atoms with E-state index in [0.717, 1.165) is 24.3 Å². The second kappa shape index (κ2) is 15.6. The van der Waals surface area contributed by atoms with E-state index in [1.54, 1.807) is 13.8 Å². The molecule has 0 aromatic heterocycles. The number of carbonyl (C=O) groups is 4. The molecule has 28 heavy (non-hydrogen) atoms. The molecule has 2 unspecified atom stereocenters. The minimum Gasteiger partial charge on any atom is -0.480 e. The average molecular weight is 405 g/mol. The fourth-order valence-electron chi connectivity index (χ4n) is 2.19. The first kappa shape index (κ1) is 27.8. The fraction of sp³-hybridized carbons (Fsp3) is 0.765. The van der Waals surface area contributed by atoms with Gasteiger partial charge in [-0.05, 0) is 25.2 Å². The van der Waals surface area contributed by atoms with Crippen molar-refractivity contribution in [3.63, 3.8) is 0 Å². The number of rotatable bonds is 12. The monoisotopic (exact) mass is 405 g/mol. The summed E-state index contributed by atoms with van der Waals surface area (Å²) in [7, 11) is 0. The van der Waals surface area contributed by atoms with Crippen LogP contribution in [0.2, 0.25) is 0 Å². The van der Waals surface area contributed by atoms with Crippen molar-refractivity contribution in [2.75, 3.05) is 6.54 Å². The Balaban J connectivity index is 0. The number of amides is 3. The fourth-order valence-corrected chi connectivity index (χ4v) is 2.19. The quantitative estimate of drug-likeness (QED) is 0.114. The van der Waals surface area contributed by atoms with Crippen molar-refractivity contribution in [2.45, 2.75) is 71.4 Å². The van der Waals surface area contributed by atoms with Crippen molar-refractivity contribution in [3.05, 3.63) is 0 Å². The molecule has 164 valence electrons. The Morgan fingerprint density at radius 1 is 1.04 bits per heavy atom. The molecule has 0 aromatic carbocycles. The number of nitrogens with two attached hydrogens (primary N) is 3. The van der Waals surface area contributed by atoms with E-state index in [9.17, 15) is 19.2 Å². The first-order chi connectivity index (χ1) is 12.9. The summed E-state index contributed by atoms with van der Waals surface area (Å²) in [6.07, 6.45) is 3.89. The number of hydrogen-bond donors (Lipinski definition) is 6. The summed E-state index contributed by atoms with van der Waals surface area (Å²) in [5, 5.41) is 20.5. The second-order valence-electron chi connectivity index (χ2n) is 6.66. The normalized spacial score (nSPS) is 12.4. The molecule has 0 saturated carbocycles. The molecule has 0 radical (unpaired) electrons. The maximum Gasteiger partial charge on any atom is 0.328 e. The molecule has 11 nitrogen and oxygen atoms in total. The van der Waals surface area contributed by atoms with Gasteiger partial charge in [-0.25, -0.2) is 15.4 Å². The Hall–Kier alpha value is -2.40. The predicted octanol–water partition coefficient (Wildman–Crippen LogP) is 0.225. The summed E-state index contributed by atoms with van der Waals surface area (Å²) in [6, 6.07) is -2.41. The maximum absolute atomic E-state index is 11.6. The molecule has 0 heterocycles. The highest BCUT2D eigenvalue weighted by Crippen LogP contribution is 2.10. The Morgan fingerprint density at radius 3 is 2.00 bits per heavy atom. The van der Waals surface area contributed by atoms with E-state index in [1.165, 1.54) is 0 Å². The zero-order valence-corrected chi connectivity index (χ0v) is 16.9. The van der Waals surface area contributed by atoms with Gasteiger partial charge in [-0.1, -0.05) is 33.6 Å². The average Bonchev–Trinajstić information content (AvgIpc) is 2.58. The summed E-state index contributed by atoms with van der Waals surface area (Å²) in [4.78, 5) is 42.9. The Morgan fingerprint density at radius 2 is 1.61 bits per heavy atom. The molecular weight excluding hydrogens is 370 g/mol. The van der Waals surface area contributed by atoms with Gasteiger partial charge in [0.25, 0.3) is 0 Å². The summed E-state index contributed by atoms with van der Waals surface area (Å²) < 4.78 is 0. The van der Waals surface area contributed by atoms with Crippen molar-refractivity contribution >= 4 is 23.9 Å². The lowest BCUT2D eigenvalue weighted by Crippen LogP contribution is -2.52. The largest absolute Gasteiger partial charge is 0.480 e. The predicted molar refractivity (Wildman–Crippen MR) is 104 cm³/mol. The molecule has 0 aromatic rings. The van der Waals surface area contributed by atoms with Gasteiger partial charge in [0.05, 0.1) is 0 Å². The molecule has 3 amide bonds. The highest BCUT2D eigenvalue weighted by atomic mass is 16.4. The summed E-state index contributed by atoms with van der Waals surface area (Å²) >= 11 is 0. The first-order valence-corrected chi connectivity index (χ1v) is 9.26. The van der Waals surface area contributed by atoms with E-state index in [-0.39, 0.29) is 11.8 Å². The van der Waals surface area contributed by atoms with Crippen molar-refractivity contribution < 1.29 is 29.4 Å². The van der Waals surface area contributed by atoms with Crippen LogP contribution in [0.25, 0.3) is 0 Å². The van der Waals surface area contributed by atoms with Gasteiger partial charge >= 0.3 is 18.0 Å². The van der Waals surface area contributed by atoms with Crippen LogP contribution in [0.15, 0.2) is 0 Å². The zero-order valence-electron chi connectivity index (χ0n) is 16.9. The Labute approximate surface area is 165 Å². The standard InChI is InChI=1S/C11H22N2O3.C6H13N3O3/c1-4-5-6-7-9(14)13(12)10(8(2)3)11(15)16;7-4(5(10)11)2-1-3-9-6(8)12/h8,10H,4-7,12H2,1-3H3,(H,15,16);4H,1-3,7H2,(H,10,11)(H3,8,9,12). The van der Waals surface area contributed by atoms with E-state index in [0.29, 0.717) is 25.8 Å². The number of unbranched alkanes of at least 4 members (excludes halogenated alkanes) is 2. The van der Waals surface area contributed by atoms with Crippen LogP contribution in [-0.2, 0) is 14.4 Å². The van der Waals surface area contributed by atoms with Crippen LogP contribution in [0.1, 0.15) is 59.3 Å². The van der Waals surface area contributed by atoms with E-state index in [4.69, 9.17) is 27.5 Å². The zero-order chi connectivity index (χ0) is 22.3. The Kier molecular flexibility index (Phi) is 15.5. The first-order valence-electron chi connectivity index (χ1n) is 9.26. The number of carbonyl (C=O) groups excluding carboxylic acids is 2. The third kappa shape index (κ3) is 13.8. The van der Waals surface area contributed by atoms with E-state index >= 15 is 0 Å². The van der Waals surface area contributed by atoms with Gasteiger partial charge in [-0.2, -0.15) is 0 Å². The minimum absolute atomic E-state index is 0.197. The lowest BCUT2D eigenvalue weighted by atomic mass is 10.0. The van der Waals surface area contributed by atoms with Crippen molar-refractivity contribution in [1.82, 2.24) is 10.3 Å². The summed E-state index contributed by atoms with van der Waals surface area (Å²) in [5.74, 6) is 2.97. The van der Waals surface area contributed by atoms with Crippen LogP contribution >= 0.6 is 0 Å². The number of nitrogens with one attached hydrogen (secondary N) is 1. The lowest BCUT2D eigenvalue weighted by Gasteiger charge is -2.26. The van der Waals surface area contributed by atoms with Crippen molar-refractivity contribution in [3.8, 4) is 0 Å². The van der Waals surface area contributed by atoms with E-state index < -0.39 is 30.1 Å². The molecule has 0 saturated heterocycles. The minimum atomic E-state index is -1.05. The number of carboxylic acid groups (broad SMARTS) is 2. The van der Waals surface area contributed by atoms with Gasteiger partial charge < -0.3 is 27.0 Å². The number of urea groups is 1. The lowest BCUT2D eigenvalue weighted by molar-refractivity contribution is -0.152. The third-order valence-corrected chi connectivity index (χ3v) is 3.77. The van der Waals surface area contributed by atoms with Crippen LogP contribution in [0.5, 0.6) is 0 Å². The Bertz CT molecular complexity index is 500. The van der Waals surface area contributed by atoms with Crippen LogP contribution in [0.3, 0.4) is 0 Å². The third-order valence-electron chi connectivity index (χ3n) is 3.77. The van der Waals surface area contributed by atoms with Crippen LogP contribution < -0.4 is 22.6 Å². The molecule has 0 aliphatic rings. The van der Waals surface area contributed by atoms with Gasteiger partial charge in [-0.3, -0.25) is 14.6 Å². The molecule has 0 aliphatic carbocycles. The SMILES string of the molecule is CCCCCC(=O)N(N)C(C(=O)O)C(C)C.NC(=O)NCCCC(N)C(=O)O. The number of carboxylic acids is 2.